The number of aliphatic carboxylic acids is 1. The van der Waals surface area contributed by atoms with E-state index in [4.69, 9.17) is 0 Å². The first-order valence-electron chi connectivity index (χ1n) is 10.6. The predicted molar refractivity (Wildman–Crippen MR) is 112 cm³/mol. The Morgan fingerprint density at radius 2 is 1.60 bits per heavy atom. The lowest BCUT2D eigenvalue weighted by atomic mass is 9.88. The van der Waals surface area contributed by atoms with Crippen molar-refractivity contribution in [3.8, 4) is 0 Å². The van der Waals surface area contributed by atoms with Gasteiger partial charge in [-0.15, -0.1) is 0 Å². The monoisotopic (exact) mass is 452 g/mol. The molecule has 0 amide bonds. The van der Waals surface area contributed by atoms with Crippen LogP contribution in [-0.4, -0.2) is 50.8 Å². The summed E-state index contributed by atoms with van der Waals surface area (Å²) < 4.78 is 0. The van der Waals surface area contributed by atoms with Crippen LogP contribution in [0.15, 0.2) is 60.7 Å². The number of carbonyl (C=O) groups is 1. The number of carboxylic acids is 1. The van der Waals surface area contributed by atoms with Crippen LogP contribution in [0.2, 0.25) is 0 Å². The van der Waals surface area contributed by atoms with Gasteiger partial charge in [-0.2, -0.15) is 0 Å². The van der Waals surface area contributed by atoms with Gasteiger partial charge in [0.15, 0.2) is 0 Å². The molecule has 6 heteroatoms. The molecule has 1 aliphatic heterocycles. The molecule has 1 aliphatic rings. The first-order valence-corrected chi connectivity index (χ1v) is 10.6. The molecule has 3 rings (SSSR count). The van der Waals surface area contributed by atoms with E-state index >= 15 is 0 Å². The van der Waals surface area contributed by atoms with Crippen LogP contribution in [0, 0.1) is 5.92 Å². The summed E-state index contributed by atoms with van der Waals surface area (Å²) in [6.45, 7) is 5.19. The average molecular weight is 453 g/mol. The summed E-state index contributed by atoms with van der Waals surface area (Å²) in [5.41, 5.74) is 2.76. The fraction of sp³-hybridized carbons (Fsp3) is 0.458. The maximum absolute atomic E-state index is 11.3. The number of benzene rings is 2. The molecule has 3 N–H and O–H groups in total. The molecule has 166 valence electrons. The summed E-state index contributed by atoms with van der Waals surface area (Å²) in [5.74, 6) is -0.341. The number of carboxylic acid groups (broad SMARTS) is 1. The first-order chi connectivity index (χ1) is 13.6. The molecule has 1 saturated heterocycles. The highest BCUT2D eigenvalue weighted by atomic mass is 35.5. The maximum atomic E-state index is 11.3. The zero-order chi connectivity index (χ0) is 19.8. The van der Waals surface area contributed by atoms with Crippen LogP contribution in [0.25, 0.3) is 0 Å². The van der Waals surface area contributed by atoms with Gasteiger partial charge in [0, 0.05) is 12.3 Å². The lowest BCUT2D eigenvalue weighted by Gasteiger charge is -2.28. The van der Waals surface area contributed by atoms with Crippen LogP contribution in [0.5, 0.6) is 0 Å². The highest BCUT2D eigenvalue weighted by molar-refractivity contribution is 5.70. The Labute approximate surface area is 193 Å². The van der Waals surface area contributed by atoms with Gasteiger partial charge in [0.25, 0.3) is 0 Å². The van der Waals surface area contributed by atoms with Gasteiger partial charge in [0.1, 0.15) is 19.0 Å². The van der Waals surface area contributed by atoms with Crippen molar-refractivity contribution < 1.29 is 44.5 Å². The van der Waals surface area contributed by atoms with Crippen molar-refractivity contribution in [2.24, 2.45) is 5.92 Å². The van der Waals surface area contributed by atoms with Gasteiger partial charge in [-0.25, -0.2) is 0 Å². The third kappa shape index (κ3) is 7.92. The number of hydrogen-bond acceptors (Lipinski definition) is 1. The second-order valence-electron chi connectivity index (χ2n) is 8.25. The number of likely N-dealkylation sites (tertiary alicyclic amines) is 1. The Balaban J connectivity index is 0.00000225. The minimum absolute atomic E-state index is 0. The van der Waals surface area contributed by atoms with E-state index < -0.39 is 5.97 Å². The molecule has 30 heavy (non-hydrogen) atoms. The molecule has 3 atom stereocenters. The van der Waals surface area contributed by atoms with E-state index in [1.54, 1.807) is 0 Å². The summed E-state index contributed by atoms with van der Waals surface area (Å²) in [5, 5.41) is 9.28. The van der Waals surface area contributed by atoms with E-state index in [0.29, 0.717) is 5.92 Å². The van der Waals surface area contributed by atoms with Crippen molar-refractivity contribution in [1.29, 1.82) is 0 Å². The van der Waals surface area contributed by atoms with Gasteiger partial charge < -0.3 is 39.7 Å². The van der Waals surface area contributed by atoms with Gasteiger partial charge in [-0.05, 0) is 24.0 Å². The van der Waals surface area contributed by atoms with Gasteiger partial charge in [0.05, 0.1) is 26.7 Å². The number of halogens is 2. The first kappa shape index (κ1) is 26.4. The quantitative estimate of drug-likeness (QED) is 0.357. The Morgan fingerprint density at radius 3 is 2.13 bits per heavy atom. The fourth-order valence-electron chi connectivity index (χ4n) is 4.39. The van der Waals surface area contributed by atoms with E-state index in [9.17, 15) is 9.90 Å². The molecule has 1 heterocycles. The lowest BCUT2D eigenvalue weighted by molar-refractivity contribution is -0.953. The molecular weight excluding hydrogens is 419 g/mol. The van der Waals surface area contributed by atoms with Crippen LogP contribution >= 0.6 is 0 Å². The number of hydrogen-bond donors (Lipinski definition) is 3. The Morgan fingerprint density at radius 1 is 1.03 bits per heavy atom. The SMILES string of the molecule is C[NH+](CCC(c1ccccc1)c1ccccc1)CC[NH+]1CCC[C@@H](C(=O)O)C1.[Cl-].[Cl-]. The van der Waals surface area contributed by atoms with Crippen LogP contribution in [0.1, 0.15) is 36.3 Å². The number of likely N-dealkylation sites (N-methyl/N-ethyl adjacent to an activating group) is 1. The van der Waals surface area contributed by atoms with Gasteiger partial charge in [-0.1, -0.05) is 60.7 Å². The van der Waals surface area contributed by atoms with Crippen molar-refractivity contribution in [3.63, 3.8) is 0 Å². The third-order valence-electron chi connectivity index (χ3n) is 6.14. The molecule has 1 fully saturated rings. The van der Waals surface area contributed by atoms with Crippen LogP contribution in [0.4, 0.5) is 0 Å². The molecule has 0 saturated carbocycles. The van der Waals surface area contributed by atoms with Crippen molar-refractivity contribution in [1.82, 2.24) is 0 Å². The van der Waals surface area contributed by atoms with E-state index in [0.717, 1.165) is 52.0 Å². The molecule has 2 aromatic rings. The third-order valence-corrected chi connectivity index (χ3v) is 6.14. The van der Waals surface area contributed by atoms with E-state index in [1.165, 1.54) is 20.9 Å². The van der Waals surface area contributed by atoms with Crippen LogP contribution in [0.3, 0.4) is 0 Å². The lowest BCUT2D eigenvalue weighted by Crippen LogP contribution is -3.20. The molecule has 0 spiro atoms. The predicted octanol–water partition coefficient (Wildman–Crippen LogP) is -4.89. The summed E-state index contributed by atoms with van der Waals surface area (Å²) in [7, 11) is 2.27. The van der Waals surface area contributed by atoms with Gasteiger partial charge in [0.2, 0.25) is 0 Å². The molecule has 0 radical (unpaired) electrons. The molecule has 0 aromatic heterocycles. The van der Waals surface area contributed by atoms with E-state index in [-0.39, 0.29) is 30.7 Å². The van der Waals surface area contributed by atoms with Crippen LogP contribution < -0.4 is 34.6 Å². The normalized spacial score (nSPS) is 19.4. The van der Waals surface area contributed by atoms with Crippen LogP contribution in [-0.2, 0) is 4.79 Å². The van der Waals surface area contributed by atoms with Crippen molar-refractivity contribution in [3.05, 3.63) is 71.8 Å². The van der Waals surface area contributed by atoms with Crippen molar-refractivity contribution in [2.45, 2.75) is 25.2 Å². The molecule has 0 bridgehead atoms. The molecule has 4 nitrogen and oxygen atoms in total. The number of quaternary nitrogens is 2. The Kier molecular flexibility index (Phi) is 12.0. The molecular formula is C24H34Cl2N2O2. The number of rotatable bonds is 9. The van der Waals surface area contributed by atoms with E-state index in [1.807, 2.05) is 0 Å². The smallest absolute Gasteiger partial charge is 0.312 e. The maximum Gasteiger partial charge on any atom is 0.312 e. The summed E-state index contributed by atoms with van der Waals surface area (Å²) in [4.78, 5) is 14.3. The zero-order valence-electron chi connectivity index (χ0n) is 17.7. The largest absolute Gasteiger partial charge is 1.00 e. The average Bonchev–Trinajstić information content (AvgIpc) is 2.74. The highest BCUT2D eigenvalue weighted by Gasteiger charge is 2.28. The standard InChI is InChI=1S/C24H32N2O2.2ClH/c1-25(17-18-26-15-8-13-22(19-26)24(27)28)16-14-23(20-9-4-2-5-10-20)21-11-6-3-7-12-21;;/h2-7,9-12,22-23H,8,13-19H2,1H3,(H,27,28);2*1H/t22-;;/m1../s1. The Hall–Kier alpha value is -1.59. The topological polar surface area (TPSA) is 46.2 Å². The summed E-state index contributed by atoms with van der Waals surface area (Å²) in [6.07, 6.45) is 3.00. The van der Waals surface area contributed by atoms with Gasteiger partial charge in [-0.3, -0.25) is 4.79 Å². The highest BCUT2D eigenvalue weighted by Crippen LogP contribution is 2.26. The second-order valence-corrected chi connectivity index (χ2v) is 8.25. The molecule has 2 aromatic carbocycles. The fourth-order valence-corrected chi connectivity index (χ4v) is 4.39. The minimum atomic E-state index is -0.619. The number of nitrogens with one attached hydrogen (secondary N) is 2. The Bertz CT molecular complexity index is 691. The molecule has 0 aliphatic carbocycles. The molecule has 2 unspecified atom stereocenters. The van der Waals surface area contributed by atoms with E-state index in [2.05, 4.69) is 67.7 Å². The summed E-state index contributed by atoms with van der Waals surface area (Å²) >= 11 is 0. The van der Waals surface area contributed by atoms with Crippen molar-refractivity contribution in [2.75, 3.05) is 39.8 Å². The summed E-state index contributed by atoms with van der Waals surface area (Å²) in [6, 6.07) is 21.6. The second kappa shape index (κ2) is 13.7. The zero-order valence-corrected chi connectivity index (χ0v) is 19.2. The van der Waals surface area contributed by atoms with Gasteiger partial charge >= 0.3 is 5.97 Å². The number of piperidine rings is 1. The minimum Gasteiger partial charge on any atom is -1.00 e. The van der Waals surface area contributed by atoms with Crippen molar-refractivity contribution >= 4 is 5.97 Å².